The molecule has 0 fully saturated rings. The maximum Gasteiger partial charge on any atom is 0.119 e. The Bertz CT molecular complexity index is 618. The quantitative estimate of drug-likeness (QED) is 0.386. The molecule has 1 N–H and O–H groups in total. The van der Waals surface area contributed by atoms with Crippen LogP contribution in [0.3, 0.4) is 0 Å². The van der Waals surface area contributed by atoms with Crippen LogP contribution in [-0.2, 0) is 6.54 Å². The Kier molecular flexibility index (Phi) is 10.0. The lowest BCUT2D eigenvalue weighted by Crippen LogP contribution is -2.20. The fraction of sp³-hybridized carbons (Fsp3) is 0.520. The monoisotopic (exact) mass is 367 g/mol. The molecule has 2 nitrogen and oxygen atoms in total. The van der Waals surface area contributed by atoms with Crippen LogP contribution in [0.25, 0.3) is 0 Å². The van der Waals surface area contributed by atoms with Gasteiger partial charge in [0.05, 0.1) is 6.61 Å². The minimum absolute atomic E-state index is 0.374. The molecule has 27 heavy (non-hydrogen) atoms. The highest BCUT2D eigenvalue weighted by Crippen LogP contribution is 2.21. The van der Waals surface area contributed by atoms with Crippen molar-refractivity contribution >= 4 is 0 Å². The smallest absolute Gasteiger partial charge is 0.119 e. The molecule has 2 aromatic carbocycles. The second kappa shape index (κ2) is 12.6. The van der Waals surface area contributed by atoms with Crippen LogP contribution in [0.4, 0.5) is 0 Å². The summed E-state index contributed by atoms with van der Waals surface area (Å²) < 4.78 is 5.90. The summed E-state index contributed by atoms with van der Waals surface area (Å²) in [5.41, 5.74) is 3.97. The SMILES string of the molecule is CCCCCCCCOc1ccc(C(CC)NCc2ccc(C)cc2)cc1. The van der Waals surface area contributed by atoms with Gasteiger partial charge in [0.2, 0.25) is 0 Å². The predicted molar refractivity (Wildman–Crippen MR) is 116 cm³/mol. The Labute approximate surface area is 166 Å². The number of benzene rings is 2. The summed E-state index contributed by atoms with van der Waals surface area (Å²) in [6.45, 7) is 8.34. The van der Waals surface area contributed by atoms with Crippen LogP contribution in [0.5, 0.6) is 5.75 Å². The van der Waals surface area contributed by atoms with Gasteiger partial charge in [-0.05, 0) is 43.0 Å². The van der Waals surface area contributed by atoms with Crippen molar-refractivity contribution in [3.63, 3.8) is 0 Å². The van der Waals surface area contributed by atoms with Crippen molar-refractivity contribution in [3.05, 3.63) is 65.2 Å². The lowest BCUT2D eigenvalue weighted by Gasteiger charge is -2.18. The summed E-state index contributed by atoms with van der Waals surface area (Å²) in [6, 6.07) is 17.8. The normalized spacial score (nSPS) is 12.1. The summed E-state index contributed by atoms with van der Waals surface area (Å²) >= 11 is 0. The zero-order valence-corrected chi connectivity index (χ0v) is 17.5. The summed E-state index contributed by atoms with van der Waals surface area (Å²) in [7, 11) is 0. The highest BCUT2D eigenvalue weighted by atomic mass is 16.5. The van der Waals surface area contributed by atoms with Gasteiger partial charge in [0.25, 0.3) is 0 Å². The molecule has 0 amide bonds. The molecule has 0 aromatic heterocycles. The van der Waals surface area contributed by atoms with Gasteiger partial charge >= 0.3 is 0 Å². The third kappa shape index (κ3) is 8.17. The third-order valence-electron chi connectivity index (χ3n) is 5.13. The summed E-state index contributed by atoms with van der Waals surface area (Å²) in [6.07, 6.45) is 8.87. The number of ether oxygens (including phenoxy) is 1. The van der Waals surface area contributed by atoms with Crippen molar-refractivity contribution < 1.29 is 4.74 Å². The lowest BCUT2D eigenvalue weighted by molar-refractivity contribution is 0.304. The number of unbranched alkanes of at least 4 members (excludes halogenated alkanes) is 5. The highest BCUT2D eigenvalue weighted by Gasteiger charge is 2.09. The van der Waals surface area contributed by atoms with E-state index < -0.39 is 0 Å². The number of rotatable bonds is 13. The first-order chi connectivity index (χ1) is 13.2. The Balaban J connectivity index is 1.74. The van der Waals surface area contributed by atoms with Gasteiger partial charge < -0.3 is 10.1 Å². The maximum absolute atomic E-state index is 5.90. The molecule has 0 aliphatic heterocycles. The fourth-order valence-corrected chi connectivity index (χ4v) is 3.31. The third-order valence-corrected chi connectivity index (χ3v) is 5.13. The minimum atomic E-state index is 0.374. The van der Waals surface area contributed by atoms with E-state index in [0.717, 1.165) is 31.7 Å². The van der Waals surface area contributed by atoms with Crippen LogP contribution >= 0.6 is 0 Å². The average molecular weight is 368 g/mol. The second-order valence-electron chi connectivity index (χ2n) is 7.51. The van der Waals surface area contributed by atoms with Gasteiger partial charge in [0.15, 0.2) is 0 Å². The summed E-state index contributed by atoms with van der Waals surface area (Å²) in [5, 5.41) is 3.68. The van der Waals surface area contributed by atoms with Crippen molar-refractivity contribution in [1.82, 2.24) is 5.32 Å². The minimum Gasteiger partial charge on any atom is -0.494 e. The van der Waals surface area contributed by atoms with Gasteiger partial charge in [0.1, 0.15) is 5.75 Å². The van der Waals surface area contributed by atoms with Crippen LogP contribution in [0.15, 0.2) is 48.5 Å². The predicted octanol–water partition coefficient (Wildman–Crippen LogP) is 6.98. The molecule has 148 valence electrons. The van der Waals surface area contributed by atoms with Crippen molar-refractivity contribution in [2.75, 3.05) is 6.61 Å². The van der Waals surface area contributed by atoms with E-state index in [9.17, 15) is 0 Å². The molecule has 1 atom stereocenters. The average Bonchev–Trinajstić information content (AvgIpc) is 2.70. The van der Waals surface area contributed by atoms with Crippen molar-refractivity contribution in [2.45, 2.75) is 78.3 Å². The molecule has 0 saturated heterocycles. The van der Waals surface area contributed by atoms with Crippen LogP contribution < -0.4 is 10.1 Å². The Hall–Kier alpha value is -1.80. The standard InChI is InChI=1S/C25H37NO/c1-4-6-7-8-9-10-19-27-24-17-15-23(16-18-24)25(5-2)26-20-22-13-11-21(3)12-14-22/h11-18,25-26H,4-10,19-20H2,1-3H3. The molecule has 0 bridgehead atoms. The van der Waals surface area contributed by atoms with Gasteiger partial charge in [-0.3, -0.25) is 0 Å². The molecule has 2 rings (SSSR count). The number of aryl methyl sites for hydroxylation is 1. The Morgan fingerprint density at radius 2 is 1.48 bits per heavy atom. The molecule has 0 aliphatic carbocycles. The van der Waals surface area contributed by atoms with Crippen molar-refractivity contribution in [2.24, 2.45) is 0 Å². The molecular weight excluding hydrogens is 330 g/mol. The first-order valence-corrected chi connectivity index (χ1v) is 10.7. The van der Waals surface area contributed by atoms with E-state index in [1.807, 2.05) is 0 Å². The zero-order chi connectivity index (χ0) is 19.3. The molecule has 0 spiro atoms. The molecule has 1 unspecified atom stereocenters. The Morgan fingerprint density at radius 3 is 2.15 bits per heavy atom. The van der Waals surface area contributed by atoms with E-state index in [1.54, 1.807) is 0 Å². The van der Waals surface area contributed by atoms with Gasteiger partial charge in [-0.25, -0.2) is 0 Å². The number of nitrogens with one attached hydrogen (secondary N) is 1. The molecule has 2 aromatic rings. The van der Waals surface area contributed by atoms with Crippen LogP contribution in [0, 0.1) is 6.92 Å². The van der Waals surface area contributed by atoms with Crippen molar-refractivity contribution in [3.8, 4) is 5.75 Å². The fourth-order valence-electron chi connectivity index (χ4n) is 3.31. The van der Waals surface area contributed by atoms with Gasteiger partial charge in [-0.1, -0.05) is 87.9 Å². The second-order valence-corrected chi connectivity index (χ2v) is 7.51. The molecule has 0 radical (unpaired) electrons. The maximum atomic E-state index is 5.90. The van der Waals surface area contributed by atoms with Crippen molar-refractivity contribution in [1.29, 1.82) is 0 Å². The van der Waals surface area contributed by atoms with E-state index in [2.05, 4.69) is 74.6 Å². The summed E-state index contributed by atoms with van der Waals surface area (Å²) in [5.74, 6) is 0.987. The topological polar surface area (TPSA) is 21.3 Å². The molecular formula is C25H37NO. The first kappa shape index (κ1) is 21.5. The lowest BCUT2D eigenvalue weighted by atomic mass is 10.0. The van der Waals surface area contributed by atoms with E-state index in [4.69, 9.17) is 4.74 Å². The van der Waals surface area contributed by atoms with Crippen LogP contribution in [-0.4, -0.2) is 6.61 Å². The Morgan fingerprint density at radius 1 is 0.815 bits per heavy atom. The number of hydrogen-bond acceptors (Lipinski definition) is 2. The van der Waals surface area contributed by atoms with Crippen LogP contribution in [0.2, 0.25) is 0 Å². The number of hydrogen-bond donors (Lipinski definition) is 1. The largest absolute Gasteiger partial charge is 0.494 e. The highest BCUT2D eigenvalue weighted by molar-refractivity contribution is 5.29. The van der Waals surface area contributed by atoms with E-state index >= 15 is 0 Å². The van der Waals surface area contributed by atoms with E-state index in [1.165, 1.54) is 48.8 Å². The van der Waals surface area contributed by atoms with E-state index in [0.29, 0.717) is 6.04 Å². The first-order valence-electron chi connectivity index (χ1n) is 10.7. The molecule has 0 heterocycles. The van der Waals surface area contributed by atoms with Crippen LogP contribution in [0.1, 0.15) is 81.5 Å². The van der Waals surface area contributed by atoms with Gasteiger partial charge in [0, 0.05) is 12.6 Å². The molecule has 0 saturated carbocycles. The van der Waals surface area contributed by atoms with Gasteiger partial charge in [-0.2, -0.15) is 0 Å². The molecule has 2 heteroatoms. The van der Waals surface area contributed by atoms with Gasteiger partial charge in [-0.15, -0.1) is 0 Å². The molecule has 0 aliphatic rings. The van der Waals surface area contributed by atoms with E-state index in [-0.39, 0.29) is 0 Å². The summed E-state index contributed by atoms with van der Waals surface area (Å²) in [4.78, 5) is 0. The zero-order valence-electron chi connectivity index (χ0n) is 17.5.